The fourth-order valence-electron chi connectivity index (χ4n) is 1.76. The molecule has 0 aliphatic carbocycles. The molecule has 0 saturated heterocycles. The van der Waals surface area contributed by atoms with E-state index < -0.39 is 0 Å². The first-order valence-corrected chi connectivity index (χ1v) is 7.33. The molecule has 0 aromatic heterocycles. The highest BCUT2D eigenvalue weighted by Crippen LogP contribution is 2.18. The first-order chi connectivity index (χ1) is 9.41. The number of anilines is 1. The van der Waals surface area contributed by atoms with Crippen molar-refractivity contribution in [1.29, 1.82) is 0 Å². The van der Waals surface area contributed by atoms with Gasteiger partial charge in [0.25, 0.3) is 5.91 Å². The minimum atomic E-state index is -0.167. The van der Waals surface area contributed by atoms with Gasteiger partial charge in [-0.25, -0.2) is 0 Å². The molecule has 3 N–H and O–H groups in total. The highest BCUT2D eigenvalue weighted by molar-refractivity contribution is 6.34. The predicted molar refractivity (Wildman–Crippen MR) is 85.2 cm³/mol. The fraction of sp³-hybridized carbons (Fsp3) is 0.533. The second kappa shape index (κ2) is 8.12. The zero-order chi connectivity index (χ0) is 15.1. The Morgan fingerprint density at radius 2 is 2.10 bits per heavy atom. The Balaban J connectivity index is 2.32. The molecule has 0 aliphatic rings. The van der Waals surface area contributed by atoms with Gasteiger partial charge in [-0.2, -0.15) is 0 Å². The van der Waals surface area contributed by atoms with Crippen molar-refractivity contribution in [3.05, 3.63) is 28.8 Å². The molecular weight excluding hydrogens is 274 g/mol. The van der Waals surface area contributed by atoms with Crippen LogP contribution in [0.3, 0.4) is 0 Å². The van der Waals surface area contributed by atoms with Crippen LogP contribution in [0, 0.1) is 0 Å². The van der Waals surface area contributed by atoms with Gasteiger partial charge in [0, 0.05) is 18.3 Å². The number of unbranched alkanes of at least 4 members (excludes halogenated alkanes) is 1. The Hall–Kier alpha value is -1.26. The van der Waals surface area contributed by atoms with E-state index >= 15 is 0 Å². The summed E-state index contributed by atoms with van der Waals surface area (Å²) in [6.07, 6.45) is 2.00. The van der Waals surface area contributed by atoms with Gasteiger partial charge in [0.15, 0.2) is 0 Å². The molecule has 1 aromatic carbocycles. The van der Waals surface area contributed by atoms with Gasteiger partial charge in [0.1, 0.15) is 0 Å². The molecule has 1 amide bonds. The number of amides is 1. The van der Waals surface area contributed by atoms with Gasteiger partial charge < -0.3 is 16.0 Å². The lowest BCUT2D eigenvalue weighted by Crippen LogP contribution is -2.29. The van der Waals surface area contributed by atoms with Crippen LogP contribution in [0.4, 0.5) is 5.69 Å². The Kier molecular flexibility index (Phi) is 6.82. The van der Waals surface area contributed by atoms with E-state index in [9.17, 15) is 4.79 Å². The number of hydrogen-bond donors (Lipinski definition) is 2. The van der Waals surface area contributed by atoms with Crippen molar-refractivity contribution in [3.63, 3.8) is 0 Å². The van der Waals surface area contributed by atoms with Crippen LogP contribution in [-0.4, -0.2) is 37.0 Å². The second-order valence-electron chi connectivity index (χ2n) is 5.28. The number of rotatable bonds is 7. The molecule has 0 saturated carbocycles. The lowest BCUT2D eigenvalue weighted by Gasteiger charge is -2.20. The summed E-state index contributed by atoms with van der Waals surface area (Å²) in [6.45, 7) is 6.02. The highest BCUT2D eigenvalue weighted by Gasteiger charge is 2.10. The van der Waals surface area contributed by atoms with Gasteiger partial charge >= 0.3 is 0 Å². The van der Waals surface area contributed by atoms with Crippen molar-refractivity contribution in [2.75, 3.05) is 25.9 Å². The van der Waals surface area contributed by atoms with Gasteiger partial charge in [-0.1, -0.05) is 11.6 Å². The molecule has 5 heteroatoms. The Bertz CT molecular complexity index is 449. The molecule has 0 heterocycles. The minimum Gasteiger partial charge on any atom is -0.399 e. The molecule has 0 unspecified atom stereocenters. The van der Waals surface area contributed by atoms with Gasteiger partial charge in [0.05, 0.1) is 10.6 Å². The maximum Gasteiger partial charge on any atom is 0.252 e. The molecule has 0 fully saturated rings. The third-order valence-corrected chi connectivity index (χ3v) is 3.67. The number of hydrogen-bond acceptors (Lipinski definition) is 3. The maximum atomic E-state index is 12.0. The number of nitrogens with one attached hydrogen (secondary N) is 1. The zero-order valence-electron chi connectivity index (χ0n) is 12.4. The predicted octanol–water partition coefficient (Wildman–Crippen LogP) is 2.77. The summed E-state index contributed by atoms with van der Waals surface area (Å²) >= 11 is 5.98. The van der Waals surface area contributed by atoms with Crippen LogP contribution in [0.1, 0.15) is 37.0 Å². The molecule has 112 valence electrons. The van der Waals surface area contributed by atoms with Gasteiger partial charge in [0.2, 0.25) is 0 Å². The number of carbonyl (C=O) groups excluding carboxylic acids is 1. The monoisotopic (exact) mass is 297 g/mol. The van der Waals surface area contributed by atoms with Crippen LogP contribution in [0.25, 0.3) is 0 Å². The molecule has 0 spiro atoms. The SMILES string of the molecule is CC(C)N(C)CCCCNC(=O)c1cc(N)ccc1Cl. The smallest absolute Gasteiger partial charge is 0.252 e. The normalized spacial score (nSPS) is 11.1. The molecule has 1 aromatic rings. The Morgan fingerprint density at radius 3 is 2.75 bits per heavy atom. The van der Waals surface area contributed by atoms with E-state index in [2.05, 4.69) is 31.1 Å². The topological polar surface area (TPSA) is 58.4 Å². The maximum absolute atomic E-state index is 12.0. The molecule has 0 aliphatic heterocycles. The van der Waals surface area contributed by atoms with E-state index in [4.69, 9.17) is 17.3 Å². The molecule has 1 rings (SSSR count). The van der Waals surface area contributed by atoms with E-state index in [1.807, 2.05) is 0 Å². The zero-order valence-corrected chi connectivity index (χ0v) is 13.2. The quantitative estimate of drug-likeness (QED) is 0.601. The average molecular weight is 298 g/mol. The summed E-state index contributed by atoms with van der Waals surface area (Å²) < 4.78 is 0. The van der Waals surface area contributed by atoms with Crippen molar-refractivity contribution in [2.45, 2.75) is 32.7 Å². The number of carbonyl (C=O) groups is 1. The first kappa shape index (κ1) is 16.8. The van der Waals surface area contributed by atoms with Crippen LogP contribution < -0.4 is 11.1 Å². The Morgan fingerprint density at radius 1 is 1.40 bits per heavy atom. The summed E-state index contributed by atoms with van der Waals surface area (Å²) in [6, 6.07) is 5.48. The largest absolute Gasteiger partial charge is 0.399 e. The number of benzene rings is 1. The number of nitrogen functional groups attached to an aromatic ring is 1. The van der Waals surface area contributed by atoms with E-state index in [0.717, 1.165) is 19.4 Å². The lowest BCUT2D eigenvalue weighted by molar-refractivity contribution is 0.0952. The number of nitrogens with two attached hydrogens (primary N) is 1. The van der Waals surface area contributed by atoms with E-state index in [1.54, 1.807) is 18.2 Å². The summed E-state index contributed by atoms with van der Waals surface area (Å²) in [7, 11) is 2.11. The summed E-state index contributed by atoms with van der Waals surface area (Å²) in [5.41, 5.74) is 6.64. The van der Waals surface area contributed by atoms with Gasteiger partial charge in [-0.05, 0) is 58.5 Å². The molecule has 0 atom stereocenters. The average Bonchev–Trinajstić information content (AvgIpc) is 2.40. The van der Waals surface area contributed by atoms with Crippen LogP contribution in [0.5, 0.6) is 0 Å². The minimum absolute atomic E-state index is 0.167. The summed E-state index contributed by atoms with van der Waals surface area (Å²) in [4.78, 5) is 14.2. The highest BCUT2D eigenvalue weighted by atomic mass is 35.5. The van der Waals surface area contributed by atoms with Crippen molar-refractivity contribution in [3.8, 4) is 0 Å². The molecule has 4 nitrogen and oxygen atoms in total. The van der Waals surface area contributed by atoms with E-state index in [0.29, 0.717) is 28.9 Å². The third-order valence-electron chi connectivity index (χ3n) is 3.34. The van der Waals surface area contributed by atoms with Crippen LogP contribution >= 0.6 is 11.6 Å². The first-order valence-electron chi connectivity index (χ1n) is 6.95. The molecule has 0 bridgehead atoms. The second-order valence-corrected chi connectivity index (χ2v) is 5.68. The molecule has 0 radical (unpaired) electrons. The standard InChI is InChI=1S/C15H24ClN3O/c1-11(2)19(3)9-5-4-8-18-15(20)13-10-12(17)6-7-14(13)16/h6-7,10-11H,4-5,8-9,17H2,1-3H3,(H,18,20). The van der Waals surface area contributed by atoms with Gasteiger partial charge in [-0.3, -0.25) is 4.79 Å². The van der Waals surface area contributed by atoms with E-state index in [1.165, 1.54) is 0 Å². The Labute approximate surface area is 126 Å². The summed E-state index contributed by atoms with van der Waals surface area (Å²) in [5.74, 6) is -0.167. The van der Waals surface area contributed by atoms with Crippen molar-refractivity contribution >= 4 is 23.2 Å². The molecular formula is C15H24ClN3O. The number of nitrogens with zero attached hydrogens (tertiary/aromatic N) is 1. The summed E-state index contributed by atoms with van der Waals surface area (Å²) in [5, 5.41) is 3.30. The van der Waals surface area contributed by atoms with Crippen LogP contribution in [0.15, 0.2) is 18.2 Å². The van der Waals surface area contributed by atoms with Crippen molar-refractivity contribution < 1.29 is 4.79 Å². The van der Waals surface area contributed by atoms with Gasteiger partial charge in [-0.15, -0.1) is 0 Å². The van der Waals surface area contributed by atoms with Crippen LogP contribution in [-0.2, 0) is 0 Å². The van der Waals surface area contributed by atoms with E-state index in [-0.39, 0.29) is 5.91 Å². The lowest BCUT2D eigenvalue weighted by atomic mass is 10.2. The van der Waals surface area contributed by atoms with Crippen LogP contribution in [0.2, 0.25) is 5.02 Å². The fourth-order valence-corrected chi connectivity index (χ4v) is 1.96. The molecule has 20 heavy (non-hydrogen) atoms. The number of halogens is 1. The third kappa shape index (κ3) is 5.39. The van der Waals surface area contributed by atoms with Crippen molar-refractivity contribution in [2.24, 2.45) is 0 Å². The van der Waals surface area contributed by atoms with Crippen molar-refractivity contribution in [1.82, 2.24) is 10.2 Å².